The Morgan fingerprint density at radius 1 is 1.44 bits per heavy atom. The molecule has 0 amide bonds. The molecule has 1 fully saturated rings. The SMILES string of the molecule is Cc1ccc(Br)cc1OCc1cncn1C1CC1. The highest BCUT2D eigenvalue weighted by molar-refractivity contribution is 9.10. The standard InChI is InChI=1S/C14H15BrN2O/c1-10-2-3-11(15)6-14(10)18-8-13-7-16-9-17(13)12-4-5-12/h2-3,6-7,9,12H,4-5,8H2,1H3. The number of aromatic nitrogens is 2. The highest BCUT2D eigenvalue weighted by Crippen LogP contribution is 2.35. The Hall–Kier alpha value is -1.29. The summed E-state index contributed by atoms with van der Waals surface area (Å²) in [6, 6.07) is 6.73. The van der Waals surface area contributed by atoms with Crippen LogP contribution in [-0.4, -0.2) is 9.55 Å². The average molecular weight is 307 g/mol. The first-order chi connectivity index (χ1) is 8.74. The summed E-state index contributed by atoms with van der Waals surface area (Å²) in [5.74, 6) is 0.924. The monoisotopic (exact) mass is 306 g/mol. The fraction of sp³-hybridized carbons (Fsp3) is 0.357. The van der Waals surface area contributed by atoms with Crippen LogP contribution in [0.3, 0.4) is 0 Å². The van der Waals surface area contributed by atoms with Gasteiger partial charge in [0.2, 0.25) is 0 Å². The number of rotatable bonds is 4. The smallest absolute Gasteiger partial charge is 0.130 e. The second-order valence-corrected chi connectivity index (χ2v) is 5.64. The van der Waals surface area contributed by atoms with E-state index in [2.05, 4.69) is 38.5 Å². The summed E-state index contributed by atoms with van der Waals surface area (Å²) in [5.41, 5.74) is 2.30. The molecule has 0 unspecified atom stereocenters. The van der Waals surface area contributed by atoms with Gasteiger partial charge in [0.15, 0.2) is 0 Å². The van der Waals surface area contributed by atoms with Gasteiger partial charge in [0.1, 0.15) is 12.4 Å². The van der Waals surface area contributed by atoms with Crippen LogP contribution in [0.15, 0.2) is 35.2 Å². The second-order valence-electron chi connectivity index (χ2n) is 4.72. The summed E-state index contributed by atoms with van der Waals surface area (Å²) in [4.78, 5) is 4.21. The first-order valence-corrected chi connectivity index (χ1v) is 6.93. The Balaban J connectivity index is 1.73. The van der Waals surface area contributed by atoms with E-state index < -0.39 is 0 Å². The lowest BCUT2D eigenvalue weighted by molar-refractivity contribution is 0.292. The van der Waals surface area contributed by atoms with E-state index in [0.29, 0.717) is 12.6 Å². The van der Waals surface area contributed by atoms with Gasteiger partial charge in [-0.1, -0.05) is 22.0 Å². The van der Waals surface area contributed by atoms with E-state index in [1.807, 2.05) is 24.7 Å². The van der Waals surface area contributed by atoms with Crippen LogP contribution < -0.4 is 4.74 Å². The Kier molecular flexibility index (Phi) is 3.12. The van der Waals surface area contributed by atoms with Crippen LogP contribution in [0.4, 0.5) is 0 Å². The Bertz CT molecular complexity index is 561. The number of imidazole rings is 1. The van der Waals surface area contributed by atoms with Gasteiger partial charge in [-0.3, -0.25) is 0 Å². The van der Waals surface area contributed by atoms with Crippen LogP contribution in [0, 0.1) is 6.92 Å². The molecular weight excluding hydrogens is 292 g/mol. The average Bonchev–Trinajstić information content (AvgIpc) is 3.10. The number of aryl methyl sites for hydroxylation is 1. The van der Waals surface area contributed by atoms with Crippen molar-refractivity contribution in [2.45, 2.75) is 32.4 Å². The van der Waals surface area contributed by atoms with Gasteiger partial charge < -0.3 is 9.30 Å². The quantitative estimate of drug-likeness (QED) is 0.857. The zero-order valence-corrected chi connectivity index (χ0v) is 11.9. The highest BCUT2D eigenvalue weighted by Gasteiger charge is 2.25. The molecule has 4 heteroatoms. The van der Waals surface area contributed by atoms with Gasteiger partial charge in [-0.05, 0) is 37.5 Å². The summed E-state index contributed by atoms with van der Waals surface area (Å²) >= 11 is 3.47. The molecule has 0 saturated heterocycles. The predicted octanol–water partition coefficient (Wildman–Crippen LogP) is 3.87. The van der Waals surface area contributed by atoms with Crippen LogP contribution in [-0.2, 0) is 6.61 Å². The van der Waals surface area contributed by atoms with E-state index in [-0.39, 0.29) is 0 Å². The van der Waals surface area contributed by atoms with Gasteiger partial charge in [-0.15, -0.1) is 0 Å². The fourth-order valence-corrected chi connectivity index (χ4v) is 2.35. The van der Waals surface area contributed by atoms with E-state index in [1.54, 1.807) is 0 Å². The molecule has 2 aromatic rings. The lowest BCUT2D eigenvalue weighted by Gasteiger charge is -2.11. The molecule has 3 rings (SSSR count). The third-order valence-corrected chi connectivity index (χ3v) is 3.71. The van der Waals surface area contributed by atoms with Crippen molar-refractivity contribution in [3.63, 3.8) is 0 Å². The molecule has 0 N–H and O–H groups in total. The van der Waals surface area contributed by atoms with E-state index in [0.717, 1.165) is 21.5 Å². The molecule has 1 saturated carbocycles. The van der Waals surface area contributed by atoms with Crippen molar-refractivity contribution in [1.29, 1.82) is 0 Å². The lowest BCUT2D eigenvalue weighted by Crippen LogP contribution is -2.04. The van der Waals surface area contributed by atoms with E-state index in [1.165, 1.54) is 12.8 Å². The minimum atomic E-state index is 0.577. The first-order valence-electron chi connectivity index (χ1n) is 6.13. The number of halogens is 1. The highest BCUT2D eigenvalue weighted by atomic mass is 79.9. The van der Waals surface area contributed by atoms with Gasteiger partial charge in [0.25, 0.3) is 0 Å². The van der Waals surface area contributed by atoms with E-state index in [9.17, 15) is 0 Å². The van der Waals surface area contributed by atoms with Crippen molar-refractivity contribution < 1.29 is 4.74 Å². The number of hydrogen-bond donors (Lipinski definition) is 0. The molecular formula is C14H15BrN2O. The van der Waals surface area contributed by atoms with Gasteiger partial charge in [0.05, 0.1) is 18.2 Å². The van der Waals surface area contributed by atoms with Gasteiger partial charge in [0, 0.05) is 10.5 Å². The Morgan fingerprint density at radius 3 is 3.06 bits per heavy atom. The summed E-state index contributed by atoms with van der Waals surface area (Å²) in [5, 5.41) is 0. The Morgan fingerprint density at radius 2 is 2.28 bits per heavy atom. The minimum Gasteiger partial charge on any atom is -0.487 e. The van der Waals surface area contributed by atoms with Crippen molar-refractivity contribution in [1.82, 2.24) is 9.55 Å². The molecule has 3 nitrogen and oxygen atoms in total. The van der Waals surface area contributed by atoms with E-state index >= 15 is 0 Å². The van der Waals surface area contributed by atoms with Crippen LogP contribution >= 0.6 is 15.9 Å². The number of nitrogens with zero attached hydrogens (tertiary/aromatic N) is 2. The minimum absolute atomic E-state index is 0.577. The van der Waals surface area contributed by atoms with Crippen LogP contribution in [0.25, 0.3) is 0 Å². The third-order valence-electron chi connectivity index (χ3n) is 3.21. The molecule has 0 aliphatic heterocycles. The van der Waals surface area contributed by atoms with E-state index in [4.69, 9.17) is 4.74 Å². The van der Waals surface area contributed by atoms with Crippen LogP contribution in [0.2, 0.25) is 0 Å². The largest absolute Gasteiger partial charge is 0.487 e. The maximum atomic E-state index is 5.89. The number of benzene rings is 1. The van der Waals surface area contributed by atoms with Crippen molar-refractivity contribution in [2.75, 3.05) is 0 Å². The van der Waals surface area contributed by atoms with Crippen molar-refractivity contribution in [3.8, 4) is 5.75 Å². The third kappa shape index (κ3) is 2.43. The molecule has 0 radical (unpaired) electrons. The maximum absolute atomic E-state index is 5.89. The van der Waals surface area contributed by atoms with Crippen molar-refractivity contribution >= 4 is 15.9 Å². The zero-order chi connectivity index (χ0) is 12.5. The summed E-state index contributed by atoms with van der Waals surface area (Å²) in [6.45, 7) is 2.63. The van der Waals surface area contributed by atoms with Crippen LogP contribution in [0.5, 0.6) is 5.75 Å². The molecule has 18 heavy (non-hydrogen) atoms. The van der Waals surface area contributed by atoms with Crippen LogP contribution in [0.1, 0.15) is 30.1 Å². The van der Waals surface area contributed by atoms with Crippen molar-refractivity contribution in [2.24, 2.45) is 0 Å². The topological polar surface area (TPSA) is 27.1 Å². The zero-order valence-electron chi connectivity index (χ0n) is 10.3. The maximum Gasteiger partial charge on any atom is 0.130 e. The summed E-state index contributed by atoms with van der Waals surface area (Å²) in [6.07, 6.45) is 6.33. The van der Waals surface area contributed by atoms with Gasteiger partial charge in [-0.2, -0.15) is 0 Å². The first kappa shape index (κ1) is 11.8. The van der Waals surface area contributed by atoms with Gasteiger partial charge >= 0.3 is 0 Å². The summed E-state index contributed by atoms with van der Waals surface area (Å²) < 4.78 is 9.16. The number of hydrogen-bond acceptors (Lipinski definition) is 2. The molecule has 1 aromatic carbocycles. The number of ether oxygens (including phenoxy) is 1. The molecule has 1 heterocycles. The Labute approximate surface area is 115 Å². The molecule has 1 aliphatic rings. The fourth-order valence-electron chi connectivity index (χ4n) is 2.01. The van der Waals surface area contributed by atoms with Crippen molar-refractivity contribution in [3.05, 3.63) is 46.5 Å². The normalized spacial score (nSPS) is 14.8. The second kappa shape index (κ2) is 4.76. The molecule has 1 aromatic heterocycles. The van der Waals surface area contributed by atoms with Gasteiger partial charge in [-0.25, -0.2) is 4.98 Å². The molecule has 94 valence electrons. The predicted molar refractivity (Wildman–Crippen MR) is 73.7 cm³/mol. The summed E-state index contributed by atoms with van der Waals surface area (Å²) in [7, 11) is 0. The molecule has 0 spiro atoms. The molecule has 0 bridgehead atoms. The molecule has 1 aliphatic carbocycles. The molecule has 0 atom stereocenters. The lowest BCUT2D eigenvalue weighted by atomic mass is 10.2.